The van der Waals surface area contributed by atoms with Gasteiger partial charge in [-0.1, -0.05) is 53.4 Å². The standard InChI is InChI=1S/C15H18N4O5S3/c1-24-13(21)10-25-15-18-17-14(26-15)16-12(20)9-19(27(2,22)23)8-11-6-4-3-5-7-11/h3-7H,8-10H2,1-2H3,(H,16,17,20). The van der Waals surface area contributed by atoms with Crippen molar-refractivity contribution in [1.82, 2.24) is 14.5 Å². The van der Waals surface area contributed by atoms with Gasteiger partial charge in [-0.3, -0.25) is 14.9 Å². The number of ether oxygens (including phenoxy) is 1. The summed E-state index contributed by atoms with van der Waals surface area (Å²) in [5, 5.41) is 10.4. The van der Waals surface area contributed by atoms with Gasteiger partial charge in [0.1, 0.15) is 0 Å². The van der Waals surface area contributed by atoms with Crippen LogP contribution in [0.15, 0.2) is 34.7 Å². The molecule has 0 aliphatic rings. The zero-order chi connectivity index (χ0) is 19.9. The number of hydrogen-bond donors (Lipinski definition) is 1. The van der Waals surface area contributed by atoms with Crippen LogP contribution in [0.5, 0.6) is 0 Å². The fraction of sp³-hybridized carbons (Fsp3) is 0.333. The molecule has 0 atom stereocenters. The lowest BCUT2D eigenvalue weighted by molar-refractivity contribution is -0.137. The summed E-state index contributed by atoms with van der Waals surface area (Å²) in [5.74, 6) is -0.847. The average molecular weight is 431 g/mol. The molecular weight excluding hydrogens is 412 g/mol. The summed E-state index contributed by atoms with van der Waals surface area (Å²) in [4.78, 5) is 23.3. The molecule has 1 aromatic carbocycles. The summed E-state index contributed by atoms with van der Waals surface area (Å²) >= 11 is 2.22. The van der Waals surface area contributed by atoms with Gasteiger partial charge in [0.15, 0.2) is 4.34 Å². The molecule has 0 aliphatic heterocycles. The molecule has 2 rings (SSSR count). The van der Waals surface area contributed by atoms with Crippen LogP contribution in [0.25, 0.3) is 0 Å². The molecule has 0 radical (unpaired) electrons. The van der Waals surface area contributed by atoms with Gasteiger partial charge >= 0.3 is 5.97 Å². The highest BCUT2D eigenvalue weighted by atomic mass is 32.2. The number of aromatic nitrogens is 2. The van der Waals surface area contributed by atoms with E-state index in [1.807, 2.05) is 6.07 Å². The number of nitrogens with one attached hydrogen (secondary N) is 1. The number of benzene rings is 1. The number of methoxy groups -OCH3 is 1. The summed E-state index contributed by atoms with van der Waals surface area (Å²) in [7, 11) is -2.29. The molecule has 0 unspecified atom stereocenters. The van der Waals surface area contributed by atoms with Crippen molar-refractivity contribution in [3.8, 4) is 0 Å². The molecule has 0 bridgehead atoms. The zero-order valence-corrected chi connectivity index (χ0v) is 17.1. The number of carbonyl (C=O) groups is 2. The van der Waals surface area contributed by atoms with Gasteiger partial charge in [0.05, 0.1) is 25.7 Å². The van der Waals surface area contributed by atoms with E-state index in [-0.39, 0.29) is 24.0 Å². The maximum Gasteiger partial charge on any atom is 0.316 e. The molecule has 12 heteroatoms. The largest absolute Gasteiger partial charge is 0.468 e. The average Bonchev–Trinajstić information content (AvgIpc) is 3.06. The smallest absolute Gasteiger partial charge is 0.316 e. The number of esters is 1. The Balaban J connectivity index is 1.95. The fourth-order valence-corrected chi connectivity index (χ4v) is 4.23. The SMILES string of the molecule is COC(=O)CSc1nnc(NC(=O)CN(Cc2ccccc2)S(C)(=O)=O)s1. The summed E-state index contributed by atoms with van der Waals surface area (Å²) in [5.41, 5.74) is 0.771. The van der Waals surface area contributed by atoms with Crippen LogP contribution in [0.3, 0.4) is 0 Å². The lowest BCUT2D eigenvalue weighted by Crippen LogP contribution is -2.36. The highest BCUT2D eigenvalue weighted by molar-refractivity contribution is 8.01. The molecule has 1 amide bonds. The molecule has 9 nitrogen and oxygen atoms in total. The number of nitrogens with zero attached hydrogens (tertiary/aromatic N) is 3. The topological polar surface area (TPSA) is 119 Å². The number of amides is 1. The third-order valence-electron chi connectivity index (χ3n) is 3.18. The van der Waals surface area contributed by atoms with Crippen LogP contribution >= 0.6 is 23.1 Å². The maximum absolute atomic E-state index is 12.2. The van der Waals surface area contributed by atoms with Crippen molar-refractivity contribution < 1.29 is 22.7 Å². The fourth-order valence-electron chi connectivity index (χ4n) is 1.89. The second kappa shape index (κ2) is 9.78. The molecular formula is C15H18N4O5S3. The highest BCUT2D eigenvalue weighted by Gasteiger charge is 2.21. The van der Waals surface area contributed by atoms with Crippen LogP contribution < -0.4 is 5.32 Å². The molecule has 0 aliphatic carbocycles. The number of sulfonamides is 1. The van der Waals surface area contributed by atoms with E-state index in [4.69, 9.17) is 0 Å². The molecule has 27 heavy (non-hydrogen) atoms. The van der Waals surface area contributed by atoms with Crippen molar-refractivity contribution in [2.75, 3.05) is 31.0 Å². The third-order valence-corrected chi connectivity index (χ3v) is 6.33. The first-order valence-electron chi connectivity index (χ1n) is 7.60. The normalized spacial score (nSPS) is 11.4. The van der Waals surface area contributed by atoms with Gasteiger partial charge in [-0.05, 0) is 5.56 Å². The summed E-state index contributed by atoms with van der Waals surface area (Å²) in [6.07, 6.45) is 1.05. The maximum atomic E-state index is 12.2. The van der Waals surface area contributed by atoms with E-state index in [1.165, 1.54) is 7.11 Å². The molecule has 146 valence electrons. The van der Waals surface area contributed by atoms with E-state index in [9.17, 15) is 18.0 Å². The van der Waals surface area contributed by atoms with E-state index in [0.717, 1.165) is 39.2 Å². The molecule has 0 spiro atoms. The van der Waals surface area contributed by atoms with Crippen LogP contribution in [-0.2, 0) is 30.9 Å². The van der Waals surface area contributed by atoms with E-state index in [1.54, 1.807) is 24.3 Å². The lowest BCUT2D eigenvalue weighted by Gasteiger charge is -2.19. The molecule has 2 aromatic rings. The summed E-state index contributed by atoms with van der Waals surface area (Å²) in [6.45, 7) is -0.263. The predicted octanol–water partition coefficient (Wildman–Crippen LogP) is 1.20. The predicted molar refractivity (Wildman–Crippen MR) is 103 cm³/mol. The number of rotatable bonds is 9. The van der Waals surface area contributed by atoms with Crippen molar-refractivity contribution in [1.29, 1.82) is 0 Å². The van der Waals surface area contributed by atoms with Gasteiger partial charge in [0.25, 0.3) is 0 Å². The Hall–Kier alpha value is -2.02. The van der Waals surface area contributed by atoms with Crippen LogP contribution in [0.2, 0.25) is 0 Å². The number of hydrogen-bond acceptors (Lipinski definition) is 9. The van der Waals surface area contributed by atoms with Gasteiger partial charge in [0, 0.05) is 6.54 Å². The van der Waals surface area contributed by atoms with Gasteiger partial charge in [-0.15, -0.1) is 10.2 Å². The van der Waals surface area contributed by atoms with Gasteiger partial charge in [-0.25, -0.2) is 8.42 Å². The minimum absolute atomic E-state index is 0.0814. The first-order valence-corrected chi connectivity index (χ1v) is 11.2. The molecule has 0 saturated heterocycles. The van der Waals surface area contributed by atoms with Crippen LogP contribution in [0.1, 0.15) is 5.56 Å². The second-order valence-corrected chi connectivity index (χ2v) is 9.49. The van der Waals surface area contributed by atoms with Crippen LogP contribution in [0.4, 0.5) is 5.13 Å². The highest BCUT2D eigenvalue weighted by Crippen LogP contribution is 2.25. The zero-order valence-electron chi connectivity index (χ0n) is 14.6. The Morgan fingerprint density at radius 2 is 1.96 bits per heavy atom. The third kappa shape index (κ3) is 7.25. The first kappa shape index (κ1) is 21.3. The van der Waals surface area contributed by atoms with E-state index in [0.29, 0.717) is 4.34 Å². The van der Waals surface area contributed by atoms with Crippen molar-refractivity contribution in [3.63, 3.8) is 0 Å². The van der Waals surface area contributed by atoms with Gasteiger partial charge < -0.3 is 4.74 Å². The van der Waals surface area contributed by atoms with Crippen LogP contribution in [-0.4, -0.2) is 60.5 Å². The lowest BCUT2D eigenvalue weighted by atomic mass is 10.2. The van der Waals surface area contributed by atoms with E-state index < -0.39 is 21.9 Å². The quantitative estimate of drug-likeness (QED) is 0.358. The first-order chi connectivity index (χ1) is 12.8. The molecule has 1 N–H and O–H groups in total. The minimum atomic E-state index is -3.58. The minimum Gasteiger partial charge on any atom is -0.468 e. The molecule has 0 saturated carbocycles. The Morgan fingerprint density at radius 1 is 1.26 bits per heavy atom. The number of carbonyl (C=O) groups excluding carboxylic acids is 2. The monoisotopic (exact) mass is 430 g/mol. The Bertz CT molecular complexity index is 886. The Morgan fingerprint density at radius 3 is 2.59 bits per heavy atom. The Kier molecular flexibility index (Phi) is 7.71. The van der Waals surface area contributed by atoms with Gasteiger partial charge in [0.2, 0.25) is 21.1 Å². The molecule has 1 aromatic heterocycles. The summed E-state index contributed by atoms with van der Waals surface area (Å²) in [6, 6.07) is 8.98. The molecule has 0 fully saturated rings. The van der Waals surface area contributed by atoms with Crippen molar-refractivity contribution >= 4 is 50.1 Å². The van der Waals surface area contributed by atoms with Crippen molar-refractivity contribution in [2.24, 2.45) is 0 Å². The van der Waals surface area contributed by atoms with E-state index >= 15 is 0 Å². The molecule has 1 heterocycles. The second-order valence-electron chi connectivity index (χ2n) is 5.30. The van der Waals surface area contributed by atoms with Crippen molar-refractivity contribution in [3.05, 3.63) is 35.9 Å². The van der Waals surface area contributed by atoms with Crippen LogP contribution in [0, 0.1) is 0 Å². The number of anilines is 1. The van der Waals surface area contributed by atoms with E-state index in [2.05, 4.69) is 20.3 Å². The number of thioether (sulfide) groups is 1. The summed E-state index contributed by atoms with van der Waals surface area (Å²) < 4.78 is 30.1. The van der Waals surface area contributed by atoms with Crippen molar-refractivity contribution in [2.45, 2.75) is 10.9 Å². The van der Waals surface area contributed by atoms with Gasteiger partial charge in [-0.2, -0.15) is 4.31 Å². The Labute approximate surface area is 165 Å².